The van der Waals surface area contributed by atoms with Crippen LogP contribution in [0.15, 0.2) is 0 Å². The first-order valence-corrected chi connectivity index (χ1v) is 14.4. The van der Waals surface area contributed by atoms with E-state index in [1.165, 1.54) is 0 Å². The maximum Gasteiger partial charge on any atom is 0.310 e. The Labute approximate surface area is 211 Å². The number of carboxylic acid groups (broad SMARTS) is 1. The Bertz CT molecular complexity index is 958. The summed E-state index contributed by atoms with van der Waals surface area (Å²) >= 11 is 0. The SMILES string of the molecule is C[C@@H]1CC[C@]2(C(=O)O)CC[C@]34C[C@]3(CC[C@@H]3[C@@]5(C)C[C@@H](O)[C@H](O)C(C)(C)[C@@H]5CC[C@]34C)[C@@H]2[C@]1(C)O. The number of hydrogen-bond donors (Lipinski definition) is 4. The monoisotopic (exact) mass is 488 g/mol. The zero-order valence-corrected chi connectivity index (χ0v) is 22.7. The zero-order chi connectivity index (χ0) is 25.6. The van der Waals surface area contributed by atoms with Crippen LogP contribution in [0.25, 0.3) is 0 Å². The molecule has 198 valence electrons. The molecule has 4 N–H and O–H groups in total. The van der Waals surface area contributed by atoms with Crippen LogP contribution in [0.4, 0.5) is 0 Å². The van der Waals surface area contributed by atoms with Gasteiger partial charge in [-0.2, -0.15) is 0 Å². The summed E-state index contributed by atoms with van der Waals surface area (Å²) in [5.74, 6) is 0.0673. The van der Waals surface area contributed by atoms with Crippen molar-refractivity contribution in [2.45, 2.75) is 124 Å². The fourth-order valence-electron chi connectivity index (χ4n) is 12.9. The highest BCUT2D eigenvalue weighted by Crippen LogP contribution is 2.91. The van der Waals surface area contributed by atoms with Crippen LogP contribution in [0.2, 0.25) is 0 Å². The van der Waals surface area contributed by atoms with Crippen LogP contribution in [0.1, 0.15) is 106 Å². The second kappa shape index (κ2) is 6.67. The number of rotatable bonds is 1. The van der Waals surface area contributed by atoms with Crippen molar-refractivity contribution in [3.05, 3.63) is 0 Å². The van der Waals surface area contributed by atoms with Gasteiger partial charge in [-0.15, -0.1) is 0 Å². The molecule has 6 saturated carbocycles. The van der Waals surface area contributed by atoms with Gasteiger partial charge in [-0.25, -0.2) is 0 Å². The molecule has 6 fully saturated rings. The minimum absolute atomic E-state index is 0.0393. The molecule has 0 saturated heterocycles. The lowest BCUT2D eigenvalue weighted by Gasteiger charge is -2.70. The highest BCUT2D eigenvalue weighted by Gasteiger charge is 2.87. The molecule has 5 heteroatoms. The standard InChI is InChI=1S/C30H48O5/c1-17-7-11-28(23(33)34)13-14-30-16-29(30,22(28)27(17,6)35)12-9-20-25(4)15-18(31)21(32)24(2,3)19(25)8-10-26(20,30)5/h17-22,31-32,35H,7-16H2,1-6H3,(H,33,34)/t17-,18-,19+,20-,21+,22-,25+,26-,27-,28+,29-,30-/m1/s1. The van der Waals surface area contributed by atoms with Gasteiger partial charge in [0.05, 0.1) is 23.2 Å². The largest absolute Gasteiger partial charge is 0.481 e. The third-order valence-electron chi connectivity index (χ3n) is 14.5. The Morgan fingerprint density at radius 2 is 1.51 bits per heavy atom. The molecule has 35 heavy (non-hydrogen) atoms. The van der Waals surface area contributed by atoms with E-state index in [0.717, 1.165) is 44.9 Å². The van der Waals surface area contributed by atoms with Crippen LogP contribution >= 0.6 is 0 Å². The lowest BCUT2D eigenvalue weighted by molar-refractivity contribution is -0.259. The van der Waals surface area contributed by atoms with Crippen molar-refractivity contribution in [3.63, 3.8) is 0 Å². The molecular weight excluding hydrogens is 440 g/mol. The van der Waals surface area contributed by atoms with E-state index >= 15 is 0 Å². The highest BCUT2D eigenvalue weighted by atomic mass is 16.4. The van der Waals surface area contributed by atoms with Crippen LogP contribution < -0.4 is 0 Å². The van der Waals surface area contributed by atoms with Gasteiger partial charge in [0.2, 0.25) is 0 Å². The van der Waals surface area contributed by atoms with Crippen molar-refractivity contribution < 1.29 is 25.2 Å². The van der Waals surface area contributed by atoms with Gasteiger partial charge < -0.3 is 20.4 Å². The minimum atomic E-state index is -0.962. The quantitative estimate of drug-likeness (QED) is 0.416. The molecule has 12 atom stereocenters. The molecule has 6 rings (SSSR count). The molecule has 5 nitrogen and oxygen atoms in total. The van der Waals surface area contributed by atoms with E-state index in [9.17, 15) is 25.2 Å². The summed E-state index contributed by atoms with van der Waals surface area (Å²) in [6.45, 7) is 13.3. The summed E-state index contributed by atoms with van der Waals surface area (Å²) in [5, 5.41) is 44.5. The summed E-state index contributed by atoms with van der Waals surface area (Å²) < 4.78 is 0. The fourth-order valence-corrected chi connectivity index (χ4v) is 12.9. The van der Waals surface area contributed by atoms with Crippen molar-refractivity contribution >= 4 is 5.97 Å². The lowest BCUT2D eigenvalue weighted by Crippen LogP contribution is -2.68. The van der Waals surface area contributed by atoms with Crippen molar-refractivity contribution in [1.82, 2.24) is 0 Å². The molecule has 0 amide bonds. The Balaban J connectivity index is 1.45. The van der Waals surface area contributed by atoms with Gasteiger partial charge in [-0.3, -0.25) is 4.79 Å². The van der Waals surface area contributed by atoms with Crippen LogP contribution in [-0.4, -0.2) is 44.2 Å². The van der Waals surface area contributed by atoms with Gasteiger partial charge in [0.15, 0.2) is 0 Å². The molecular formula is C30H48O5. The number of aliphatic hydroxyl groups excluding tert-OH is 2. The average molecular weight is 489 g/mol. The van der Waals surface area contributed by atoms with E-state index < -0.39 is 29.2 Å². The number of aliphatic hydroxyl groups is 3. The first kappa shape index (κ1) is 24.7. The smallest absolute Gasteiger partial charge is 0.310 e. The van der Waals surface area contributed by atoms with Crippen molar-refractivity contribution in [2.24, 2.45) is 56.2 Å². The first-order valence-electron chi connectivity index (χ1n) is 14.4. The van der Waals surface area contributed by atoms with Gasteiger partial charge in [0.1, 0.15) is 0 Å². The molecule has 0 aromatic carbocycles. The van der Waals surface area contributed by atoms with Gasteiger partial charge in [-0.05, 0) is 116 Å². The van der Waals surface area contributed by atoms with E-state index in [2.05, 4.69) is 34.6 Å². The molecule has 0 spiro atoms. The Morgan fingerprint density at radius 3 is 2.17 bits per heavy atom. The number of fused-ring (bicyclic) bond motifs is 4. The molecule has 6 aliphatic carbocycles. The van der Waals surface area contributed by atoms with Gasteiger partial charge >= 0.3 is 5.97 Å². The summed E-state index contributed by atoms with van der Waals surface area (Å²) in [6, 6.07) is 0. The predicted molar refractivity (Wildman–Crippen MR) is 133 cm³/mol. The Morgan fingerprint density at radius 1 is 0.857 bits per heavy atom. The maximum absolute atomic E-state index is 12.9. The lowest BCUT2D eigenvalue weighted by atomic mass is 9.34. The fraction of sp³-hybridized carbons (Fsp3) is 0.967. The second-order valence-electron chi connectivity index (χ2n) is 15.6. The summed E-state index contributed by atoms with van der Waals surface area (Å²) in [7, 11) is 0. The normalized spacial score (nSPS) is 62.4. The van der Waals surface area contributed by atoms with Crippen LogP contribution in [-0.2, 0) is 4.79 Å². The predicted octanol–water partition coefficient (Wildman–Crippen LogP) is 5.01. The average Bonchev–Trinajstić information content (AvgIpc) is 3.45. The van der Waals surface area contributed by atoms with Gasteiger partial charge in [0.25, 0.3) is 0 Å². The summed E-state index contributed by atoms with van der Waals surface area (Å²) in [5.41, 5.74) is -2.04. The molecule has 0 unspecified atom stereocenters. The third kappa shape index (κ3) is 2.46. The third-order valence-corrected chi connectivity index (χ3v) is 14.5. The van der Waals surface area contributed by atoms with Crippen molar-refractivity contribution in [3.8, 4) is 0 Å². The Kier molecular flexibility index (Phi) is 4.70. The van der Waals surface area contributed by atoms with E-state index in [1.54, 1.807) is 0 Å². The topological polar surface area (TPSA) is 98.0 Å². The van der Waals surface area contributed by atoms with Gasteiger partial charge in [0, 0.05) is 5.92 Å². The number of carbonyl (C=O) groups is 1. The van der Waals surface area contributed by atoms with Crippen LogP contribution in [0.5, 0.6) is 0 Å². The van der Waals surface area contributed by atoms with E-state index in [0.29, 0.717) is 31.1 Å². The summed E-state index contributed by atoms with van der Waals surface area (Å²) in [6.07, 6.45) is 7.67. The first-order chi connectivity index (χ1) is 16.1. The van der Waals surface area contributed by atoms with E-state index in [-0.39, 0.29) is 38.9 Å². The van der Waals surface area contributed by atoms with Gasteiger partial charge in [-0.1, -0.05) is 34.6 Å². The van der Waals surface area contributed by atoms with Crippen LogP contribution in [0, 0.1) is 56.2 Å². The molecule has 0 heterocycles. The highest BCUT2D eigenvalue weighted by molar-refractivity contribution is 5.76. The van der Waals surface area contributed by atoms with Crippen LogP contribution in [0.3, 0.4) is 0 Å². The number of hydrogen-bond acceptors (Lipinski definition) is 4. The zero-order valence-electron chi connectivity index (χ0n) is 22.7. The van der Waals surface area contributed by atoms with Crippen molar-refractivity contribution in [1.29, 1.82) is 0 Å². The summed E-state index contributed by atoms with van der Waals surface area (Å²) in [4.78, 5) is 12.9. The molecule has 0 aliphatic heterocycles. The van der Waals surface area contributed by atoms with Crippen molar-refractivity contribution in [2.75, 3.05) is 0 Å². The number of aliphatic carboxylic acids is 1. The number of carboxylic acids is 1. The molecule has 6 aliphatic rings. The molecule has 0 bridgehead atoms. The second-order valence-corrected chi connectivity index (χ2v) is 15.6. The molecule has 0 aromatic rings. The molecule has 0 aromatic heterocycles. The minimum Gasteiger partial charge on any atom is -0.481 e. The Hall–Kier alpha value is -0.650. The van der Waals surface area contributed by atoms with E-state index in [4.69, 9.17) is 0 Å². The maximum atomic E-state index is 12.9. The van der Waals surface area contributed by atoms with E-state index in [1.807, 2.05) is 6.92 Å². The molecule has 0 radical (unpaired) electrons.